The van der Waals surface area contributed by atoms with E-state index in [-0.39, 0.29) is 17.8 Å². The van der Waals surface area contributed by atoms with Crippen molar-refractivity contribution in [2.75, 3.05) is 18.0 Å². The van der Waals surface area contributed by atoms with Crippen LogP contribution in [0.3, 0.4) is 0 Å². The smallest absolute Gasteiger partial charge is 0.251 e. The third-order valence-electron chi connectivity index (χ3n) is 4.04. The van der Waals surface area contributed by atoms with Gasteiger partial charge in [-0.3, -0.25) is 4.79 Å². The number of nitrogens with zero attached hydrogens (tertiary/aromatic N) is 1. The largest absolute Gasteiger partial charge is 0.371 e. The third kappa shape index (κ3) is 3.45. The van der Waals surface area contributed by atoms with Gasteiger partial charge in [-0.05, 0) is 43.2 Å². The van der Waals surface area contributed by atoms with Gasteiger partial charge in [-0.25, -0.2) is 4.39 Å². The zero-order chi connectivity index (χ0) is 15.4. The molecule has 0 bridgehead atoms. The maximum atomic E-state index is 13.2. The number of benzene rings is 2. The summed E-state index contributed by atoms with van der Waals surface area (Å²) in [5.41, 5.74) is 1.60. The zero-order valence-corrected chi connectivity index (χ0v) is 12.3. The lowest BCUT2D eigenvalue weighted by atomic mass is 10.0. The van der Waals surface area contributed by atoms with Gasteiger partial charge in [-0.2, -0.15) is 0 Å². The van der Waals surface area contributed by atoms with Gasteiger partial charge in [0.15, 0.2) is 0 Å². The predicted octanol–water partition coefficient (Wildman–Crippen LogP) is 3.22. The van der Waals surface area contributed by atoms with Crippen LogP contribution in [0.5, 0.6) is 0 Å². The van der Waals surface area contributed by atoms with Gasteiger partial charge in [0.1, 0.15) is 5.82 Å². The molecule has 0 saturated carbocycles. The highest BCUT2D eigenvalue weighted by molar-refractivity contribution is 5.94. The number of piperidine rings is 1. The van der Waals surface area contributed by atoms with Crippen molar-refractivity contribution in [1.29, 1.82) is 0 Å². The molecule has 2 aromatic carbocycles. The minimum Gasteiger partial charge on any atom is -0.371 e. The van der Waals surface area contributed by atoms with Gasteiger partial charge < -0.3 is 10.2 Å². The number of para-hydroxylation sites is 1. The standard InChI is InChI=1S/C18H19FN2O/c19-15-6-4-5-14(13-15)18(22)20-16-9-11-21(12-10-16)17-7-2-1-3-8-17/h1-8,13,16H,9-12H2,(H,20,22). The highest BCUT2D eigenvalue weighted by Crippen LogP contribution is 2.19. The fraction of sp³-hybridized carbons (Fsp3) is 0.278. The van der Waals surface area contributed by atoms with Gasteiger partial charge in [0.2, 0.25) is 0 Å². The fourth-order valence-corrected chi connectivity index (χ4v) is 2.82. The first kappa shape index (κ1) is 14.6. The molecule has 1 N–H and O–H groups in total. The van der Waals surface area contributed by atoms with Crippen LogP contribution in [-0.2, 0) is 0 Å². The lowest BCUT2D eigenvalue weighted by Crippen LogP contribution is -2.44. The summed E-state index contributed by atoms with van der Waals surface area (Å²) >= 11 is 0. The second-order valence-electron chi connectivity index (χ2n) is 5.58. The highest BCUT2D eigenvalue weighted by atomic mass is 19.1. The van der Waals surface area contributed by atoms with E-state index >= 15 is 0 Å². The van der Waals surface area contributed by atoms with Crippen molar-refractivity contribution in [3.63, 3.8) is 0 Å². The number of hydrogen-bond acceptors (Lipinski definition) is 2. The normalized spacial score (nSPS) is 15.6. The van der Waals surface area contributed by atoms with Crippen LogP contribution in [0, 0.1) is 5.82 Å². The van der Waals surface area contributed by atoms with Gasteiger partial charge in [0, 0.05) is 30.4 Å². The van der Waals surface area contributed by atoms with E-state index in [1.165, 1.54) is 17.8 Å². The lowest BCUT2D eigenvalue weighted by Gasteiger charge is -2.34. The first-order chi connectivity index (χ1) is 10.7. The number of carbonyl (C=O) groups is 1. The van der Waals surface area contributed by atoms with Crippen LogP contribution in [0.25, 0.3) is 0 Å². The van der Waals surface area contributed by atoms with Crippen LogP contribution in [0.2, 0.25) is 0 Å². The molecule has 1 fully saturated rings. The van der Waals surface area contributed by atoms with Crippen LogP contribution in [0.1, 0.15) is 23.2 Å². The Balaban J connectivity index is 1.55. The fourth-order valence-electron chi connectivity index (χ4n) is 2.82. The molecule has 0 aromatic heterocycles. The molecule has 114 valence electrons. The highest BCUT2D eigenvalue weighted by Gasteiger charge is 2.21. The Bertz CT molecular complexity index is 637. The van der Waals surface area contributed by atoms with Gasteiger partial charge in [-0.1, -0.05) is 24.3 Å². The summed E-state index contributed by atoms with van der Waals surface area (Å²) in [6, 6.07) is 16.2. The summed E-state index contributed by atoms with van der Waals surface area (Å²) in [7, 11) is 0. The molecule has 0 unspecified atom stereocenters. The summed E-state index contributed by atoms with van der Waals surface area (Å²) in [5.74, 6) is -0.579. The molecular formula is C18H19FN2O. The average molecular weight is 298 g/mol. The first-order valence-electron chi connectivity index (χ1n) is 7.59. The van der Waals surface area contributed by atoms with Crippen molar-refractivity contribution in [3.05, 3.63) is 66.0 Å². The summed E-state index contributed by atoms with van der Waals surface area (Å²) < 4.78 is 13.2. The Labute approximate surface area is 129 Å². The number of hydrogen-bond donors (Lipinski definition) is 1. The molecule has 3 rings (SSSR count). The Kier molecular flexibility index (Phi) is 4.37. The maximum absolute atomic E-state index is 13.2. The number of anilines is 1. The maximum Gasteiger partial charge on any atom is 0.251 e. The van der Waals surface area contributed by atoms with E-state index in [9.17, 15) is 9.18 Å². The Morgan fingerprint density at radius 2 is 1.77 bits per heavy atom. The molecule has 1 heterocycles. The first-order valence-corrected chi connectivity index (χ1v) is 7.59. The number of carbonyl (C=O) groups excluding carboxylic acids is 1. The summed E-state index contributed by atoms with van der Waals surface area (Å²) in [6.07, 6.45) is 1.80. The van der Waals surface area contributed by atoms with Crippen molar-refractivity contribution >= 4 is 11.6 Å². The zero-order valence-electron chi connectivity index (χ0n) is 12.3. The van der Waals surface area contributed by atoms with Crippen molar-refractivity contribution in [2.24, 2.45) is 0 Å². The second kappa shape index (κ2) is 6.60. The molecule has 3 nitrogen and oxygen atoms in total. The van der Waals surface area contributed by atoms with Crippen molar-refractivity contribution < 1.29 is 9.18 Å². The quantitative estimate of drug-likeness (QED) is 0.943. The second-order valence-corrected chi connectivity index (χ2v) is 5.58. The minimum absolute atomic E-state index is 0.149. The van der Waals surface area contributed by atoms with Crippen LogP contribution in [0.15, 0.2) is 54.6 Å². The molecule has 0 atom stereocenters. The Morgan fingerprint density at radius 1 is 1.05 bits per heavy atom. The molecule has 22 heavy (non-hydrogen) atoms. The van der Waals surface area contributed by atoms with Crippen molar-refractivity contribution in [1.82, 2.24) is 5.32 Å². The molecule has 1 saturated heterocycles. The molecule has 0 aliphatic carbocycles. The van der Waals surface area contributed by atoms with Gasteiger partial charge >= 0.3 is 0 Å². The third-order valence-corrected chi connectivity index (χ3v) is 4.04. The van der Waals surface area contributed by atoms with Crippen molar-refractivity contribution in [2.45, 2.75) is 18.9 Å². The SMILES string of the molecule is O=C(NC1CCN(c2ccccc2)CC1)c1cccc(F)c1. The monoisotopic (exact) mass is 298 g/mol. The molecule has 0 radical (unpaired) electrons. The molecule has 1 aliphatic heterocycles. The number of nitrogens with one attached hydrogen (secondary N) is 1. The number of amides is 1. The lowest BCUT2D eigenvalue weighted by molar-refractivity contribution is 0.0930. The topological polar surface area (TPSA) is 32.3 Å². The Morgan fingerprint density at radius 3 is 2.45 bits per heavy atom. The molecule has 1 aliphatic rings. The molecule has 1 amide bonds. The van der Waals surface area contributed by atoms with Crippen LogP contribution < -0.4 is 10.2 Å². The van der Waals surface area contributed by atoms with E-state index in [0.29, 0.717) is 5.56 Å². The molecular weight excluding hydrogens is 279 g/mol. The van der Waals surface area contributed by atoms with E-state index in [0.717, 1.165) is 25.9 Å². The summed E-state index contributed by atoms with van der Waals surface area (Å²) in [5, 5.41) is 3.00. The van der Waals surface area contributed by atoms with Gasteiger partial charge in [0.25, 0.3) is 5.91 Å². The van der Waals surface area contributed by atoms with Crippen molar-refractivity contribution in [3.8, 4) is 0 Å². The van der Waals surface area contributed by atoms with Crippen LogP contribution >= 0.6 is 0 Å². The van der Waals surface area contributed by atoms with Crippen LogP contribution in [0.4, 0.5) is 10.1 Å². The van der Waals surface area contributed by atoms with E-state index in [4.69, 9.17) is 0 Å². The Hall–Kier alpha value is -2.36. The van der Waals surface area contributed by atoms with E-state index < -0.39 is 0 Å². The van der Waals surface area contributed by atoms with Crippen LogP contribution in [-0.4, -0.2) is 25.0 Å². The van der Waals surface area contributed by atoms with Gasteiger partial charge in [-0.15, -0.1) is 0 Å². The van der Waals surface area contributed by atoms with E-state index in [2.05, 4.69) is 22.3 Å². The molecule has 4 heteroatoms. The van der Waals surface area contributed by atoms with E-state index in [1.807, 2.05) is 18.2 Å². The molecule has 0 spiro atoms. The van der Waals surface area contributed by atoms with Gasteiger partial charge in [0.05, 0.1) is 0 Å². The average Bonchev–Trinajstić information content (AvgIpc) is 2.56. The predicted molar refractivity (Wildman–Crippen MR) is 85.5 cm³/mol. The summed E-state index contributed by atoms with van der Waals surface area (Å²) in [6.45, 7) is 1.83. The number of halogens is 1. The minimum atomic E-state index is -0.383. The summed E-state index contributed by atoms with van der Waals surface area (Å²) in [4.78, 5) is 14.4. The molecule has 2 aromatic rings. The number of rotatable bonds is 3. The van der Waals surface area contributed by atoms with E-state index in [1.54, 1.807) is 12.1 Å².